The third kappa shape index (κ3) is 3.18. The van der Waals surface area contributed by atoms with Crippen molar-refractivity contribution in [1.82, 2.24) is 10.2 Å². The standard InChI is InChI=1S/C11H20N2O2/c14-8-10-2-1-6-13(10)7-5-11(15)12-9-3-4-9/h9-10,14H,1-8H2,(H,12,15)/t10-/m0/s1. The van der Waals surface area contributed by atoms with Crippen molar-refractivity contribution in [3.8, 4) is 0 Å². The van der Waals surface area contributed by atoms with Gasteiger partial charge in [0.25, 0.3) is 0 Å². The van der Waals surface area contributed by atoms with Gasteiger partial charge in [0.1, 0.15) is 0 Å². The van der Waals surface area contributed by atoms with Crippen LogP contribution in [-0.4, -0.2) is 47.7 Å². The van der Waals surface area contributed by atoms with Gasteiger partial charge in [-0.2, -0.15) is 0 Å². The summed E-state index contributed by atoms with van der Waals surface area (Å²) in [7, 11) is 0. The van der Waals surface area contributed by atoms with Crippen molar-refractivity contribution in [3.63, 3.8) is 0 Å². The van der Waals surface area contributed by atoms with E-state index < -0.39 is 0 Å². The lowest BCUT2D eigenvalue weighted by Gasteiger charge is -2.22. The molecule has 0 aromatic carbocycles. The van der Waals surface area contributed by atoms with Gasteiger partial charge < -0.3 is 10.4 Å². The number of carbonyl (C=O) groups excluding carboxylic acids is 1. The highest BCUT2D eigenvalue weighted by molar-refractivity contribution is 5.76. The van der Waals surface area contributed by atoms with Crippen LogP contribution in [0.1, 0.15) is 32.1 Å². The molecule has 0 spiro atoms. The van der Waals surface area contributed by atoms with Crippen LogP contribution in [0.5, 0.6) is 0 Å². The van der Waals surface area contributed by atoms with E-state index in [1.54, 1.807) is 0 Å². The number of nitrogens with zero attached hydrogens (tertiary/aromatic N) is 1. The second-order valence-corrected chi connectivity index (χ2v) is 4.61. The van der Waals surface area contributed by atoms with E-state index in [-0.39, 0.29) is 12.5 Å². The first-order valence-electron chi connectivity index (χ1n) is 5.94. The van der Waals surface area contributed by atoms with Gasteiger partial charge in [0, 0.05) is 25.0 Å². The lowest BCUT2D eigenvalue weighted by atomic mass is 10.2. The summed E-state index contributed by atoms with van der Waals surface area (Å²) in [5.41, 5.74) is 0. The Kier molecular flexibility index (Phi) is 3.59. The normalized spacial score (nSPS) is 26.9. The number of likely N-dealkylation sites (tertiary alicyclic amines) is 1. The number of aliphatic hydroxyl groups is 1. The first-order chi connectivity index (χ1) is 7.29. The minimum absolute atomic E-state index is 0.168. The summed E-state index contributed by atoms with van der Waals surface area (Å²) in [6.07, 6.45) is 5.09. The number of carbonyl (C=O) groups is 1. The third-order valence-corrected chi connectivity index (χ3v) is 3.28. The Balaban J connectivity index is 1.65. The fraction of sp³-hybridized carbons (Fsp3) is 0.909. The molecule has 1 heterocycles. The number of amides is 1. The molecule has 1 aliphatic heterocycles. The van der Waals surface area contributed by atoms with E-state index in [9.17, 15) is 4.79 Å². The molecule has 1 amide bonds. The molecule has 4 nitrogen and oxygen atoms in total. The Morgan fingerprint density at radius 2 is 2.20 bits per heavy atom. The van der Waals surface area contributed by atoms with Gasteiger partial charge in [0.05, 0.1) is 6.61 Å². The molecule has 4 heteroatoms. The highest BCUT2D eigenvalue weighted by Crippen LogP contribution is 2.19. The molecular weight excluding hydrogens is 192 g/mol. The average molecular weight is 212 g/mol. The Morgan fingerprint density at radius 3 is 2.87 bits per heavy atom. The van der Waals surface area contributed by atoms with Crippen LogP contribution in [0.25, 0.3) is 0 Å². The molecule has 1 saturated heterocycles. The first kappa shape index (κ1) is 10.9. The maximum absolute atomic E-state index is 11.4. The Bertz CT molecular complexity index is 229. The summed E-state index contributed by atoms with van der Waals surface area (Å²) < 4.78 is 0. The van der Waals surface area contributed by atoms with Crippen LogP contribution >= 0.6 is 0 Å². The van der Waals surface area contributed by atoms with E-state index in [0.717, 1.165) is 38.8 Å². The Morgan fingerprint density at radius 1 is 1.40 bits per heavy atom. The molecule has 1 atom stereocenters. The molecule has 2 N–H and O–H groups in total. The summed E-state index contributed by atoms with van der Waals surface area (Å²) in [5.74, 6) is 0.168. The number of nitrogens with one attached hydrogen (secondary N) is 1. The monoisotopic (exact) mass is 212 g/mol. The predicted molar refractivity (Wildman–Crippen MR) is 57.5 cm³/mol. The summed E-state index contributed by atoms with van der Waals surface area (Å²) in [5, 5.41) is 12.1. The van der Waals surface area contributed by atoms with Crippen LogP contribution in [0.2, 0.25) is 0 Å². The van der Waals surface area contributed by atoms with E-state index in [0.29, 0.717) is 18.5 Å². The molecule has 0 unspecified atom stereocenters. The quantitative estimate of drug-likeness (QED) is 0.680. The molecule has 15 heavy (non-hydrogen) atoms. The minimum Gasteiger partial charge on any atom is -0.395 e. The van der Waals surface area contributed by atoms with E-state index in [1.165, 1.54) is 0 Å². The van der Waals surface area contributed by atoms with Crippen molar-refractivity contribution in [1.29, 1.82) is 0 Å². The number of aliphatic hydroxyl groups excluding tert-OH is 1. The summed E-state index contributed by atoms with van der Waals surface area (Å²) in [6, 6.07) is 0.753. The van der Waals surface area contributed by atoms with E-state index >= 15 is 0 Å². The maximum atomic E-state index is 11.4. The highest BCUT2D eigenvalue weighted by atomic mass is 16.3. The molecule has 0 bridgehead atoms. The van der Waals surface area contributed by atoms with Gasteiger partial charge in [-0.05, 0) is 32.2 Å². The minimum atomic E-state index is 0.168. The van der Waals surface area contributed by atoms with Crippen LogP contribution in [0.4, 0.5) is 0 Å². The Hall–Kier alpha value is -0.610. The van der Waals surface area contributed by atoms with Gasteiger partial charge in [-0.15, -0.1) is 0 Å². The van der Waals surface area contributed by atoms with Crippen LogP contribution in [0.15, 0.2) is 0 Å². The highest BCUT2D eigenvalue weighted by Gasteiger charge is 2.26. The zero-order chi connectivity index (χ0) is 10.7. The molecule has 1 aliphatic carbocycles. The van der Waals surface area contributed by atoms with Crippen molar-refractivity contribution in [2.75, 3.05) is 19.7 Å². The topological polar surface area (TPSA) is 52.6 Å². The molecule has 2 fully saturated rings. The van der Waals surface area contributed by atoms with Crippen molar-refractivity contribution in [2.45, 2.75) is 44.2 Å². The van der Waals surface area contributed by atoms with Crippen molar-refractivity contribution in [2.24, 2.45) is 0 Å². The van der Waals surface area contributed by atoms with Crippen molar-refractivity contribution >= 4 is 5.91 Å². The molecule has 2 aliphatic rings. The van der Waals surface area contributed by atoms with Gasteiger partial charge in [-0.1, -0.05) is 0 Å². The number of rotatable bonds is 5. The SMILES string of the molecule is O=C(CCN1CCC[C@H]1CO)NC1CC1. The van der Waals surface area contributed by atoms with Crippen LogP contribution in [0.3, 0.4) is 0 Å². The van der Waals surface area contributed by atoms with Gasteiger partial charge >= 0.3 is 0 Å². The summed E-state index contributed by atoms with van der Waals surface area (Å²) in [6.45, 7) is 2.05. The van der Waals surface area contributed by atoms with Crippen LogP contribution in [-0.2, 0) is 4.79 Å². The molecular formula is C11H20N2O2. The predicted octanol–water partition coefficient (Wildman–Crippen LogP) is 0.112. The second-order valence-electron chi connectivity index (χ2n) is 4.61. The van der Waals surface area contributed by atoms with Gasteiger partial charge in [-0.3, -0.25) is 9.69 Å². The number of hydrogen-bond acceptors (Lipinski definition) is 3. The summed E-state index contributed by atoms with van der Waals surface area (Å²) in [4.78, 5) is 13.7. The fourth-order valence-electron chi connectivity index (χ4n) is 2.17. The molecule has 0 aromatic rings. The lowest BCUT2D eigenvalue weighted by molar-refractivity contribution is -0.121. The van der Waals surface area contributed by atoms with Gasteiger partial charge in [-0.25, -0.2) is 0 Å². The van der Waals surface area contributed by atoms with Gasteiger partial charge in [0.15, 0.2) is 0 Å². The summed E-state index contributed by atoms with van der Waals surface area (Å²) >= 11 is 0. The third-order valence-electron chi connectivity index (χ3n) is 3.28. The molecule has 0 aromatic heterocycles. The smallest absolute Gasteiger partial charge is 0.221 e. The molecule has 2 rings (SSSR count). The van der Waals surface area contributed by atoms with E-state index in [1.807, 2.05) is 0 Å². The zero-order valence-electron chi connectivity index (χ0n) is 9.11. The molecule has 0 radical (unpaired) electrons. The Labute approximate surface area is 90.6 Å². The average Bonchev–Trinajstić information content (AvgIpc) is 2.92. The van der Waals surface area contributed by atoms with E-state index in [2.05, 4.69) is 10.2 Å². The number of hydrogen-bond donors (Lipinski definition) is 2. The van der Waals surface area contributed by atoms with Crippen molar-refractivity contribution in [3.05, 3.63) is 0 Å². The maximum Gasteiger partial charge on any atom is 0.221 e. The first-order valence-corrected chi connectivity index (χ1v) is 5.94. The van der Waals surface area contributed by atoms with Gasteiger partial charge in [0.2, 0.25) is 5.91 Å². The molecule has 86 valence electrons. The second kappa shape index (κ2) is 4.94. The van der Waals surface area contributed by atoms with E-state index in [4.69, 9.17) is 5.11 Å². The lowest BCUT2D eigenvalue weighted by Crippen LogP contribution is -2.36. The molecule has 1 saturated carbocycles. The largest absolute Gasteiger partial charge is 0.395 e. The fourth-order valence-corrected chi connectivity index (χ4v) is 2.17. The zero-order valence-corrected chi connectivity index (χ0v) is 9.11. The van der Waals surface area contributed by atoms with Crippen LogP contribution < -0.4 is 5.32 Å². The van der Waals surface area contributed by atoms with Crippen molar-refractivity contribution < 1.29 is 9.90 Å². The van der Waals surface area contributed by atoms with Crippen LogP contribution in [0, 0.1) is 0 Å².